The van der Waals surface area contributed by atoms with E-state index in [0.29, 0.717) is 12.5 Å². The monoisotopic (exact) mass is 499 g/mol. The fourth-order valence-electron chi connectivity index (χ4n) is 3.30. The SMILES string of the molecule is CN=C(NCc1ccc(OC)c(F)c1)NC1CC(C)(C)Oc2ccccc21.I. The van der Waals surface area contributed by atoms with Gasteiger partial charge in [-0.15, -0.1) is 24.0 Å². The first kappa shape index (κ1) is 22.3. The molecule has 2 N–H and O–H groups in total. The molecule has 1 aliphatic rings. The molecule has 0 amide bonds. The Kier molecular flexibility index (Phi) is 7.51. The van der Waals surface area contributed by atoms with E-state index in [1.54, 1.807) is 13.1 Å². The highest BCUT2D eigenvalue weighted by Crippen LogP contribution is 2.39. The van der Waals surface area contributed by atoms with Crippen molar-refractivity contribution in [2.24, 2.45) is 4.99 Å². The summed E-state index contributed by atoms with van der Waals surface area (Å²) in [7, 11) is 3.18. The molecule has 1 heterocycles. The van der Waals surface area contributed by atoms with Crippen molar-refractivity contribution in [3.63, 3.8) is 0 Å². The van der Waals surface area contributed by atoms with Crippen molar-refractivity contribution in [2.45, 2.75) is 38.5 Å². The maximum atomic E-state index is 13.9. The van der Waals surface area contributed by atoms with Crippen LogP contribution >= 0.6 is 24.0 Å². The second-order valence-corrected chi connectivity index (χ2v) is 7.20. The summed E-state index contributed by atoms with van der Waals surface area (Å²) in [5.41, 5.74) is 1.64. The molecule has 3 rings (SSSR count). The van der Waals surface area contributed by atoms with E-state index in [9.17, 15) is 4.39 Å². The zero-order chi connectivity index (χ0) is 19.4. The normalized spacial score (nSPS) is 17.6. The zero-order valence-corrected chi connectivity index (χ0v) is 18.9. The van der Waals surface area contributed by atoms with E-state index < -0.39 is 0 Å². The first-order valence-electron chi connectivity index (χ1n) is 8.99. The number of hydrogen-bond acceptors (Lipinski definition) is 3. The smallest absolute Gasteiger partial charge is 0.191 e. The van der Waals surface area contributed by atoms with Crippen LogP contribution in [-0.4, -0.2) is 25.7 Å². The van der Waals surface area contributed by atoms with Gasteiger partial charge in [0.1, 0.15) is 11.4 Å². The summed E-state index contributed by atoms with van der Waals surface area (Å²) >= 11 is 0. The quantitative estimate of drug-likeness (QED) is 0.372. The van der Waals surface area contributed by atoms with Crippen LogP contribution in [0.15, 0.2) is 47.5 Å². The molecule has 7 heteroatoms. The van der Waals surface area contributed by atoms with E-state index in [1.165, 1.54) is 13.2 Å². The Morgan fingerprint density at radius 3 is 2.71 bits per heavy atom. The Morgan fingerprint density at radius 1 is 1.29 bits per heavy atom. The summed E-state index contributed by atoms with van der Waals surface area (Å²) in [5.74, 6) is 1.41. The molecule has 2 aromatic carbocycles. The predicted molar refractivity (Wildman–Crippen MR) is 120 cm³/mol. The molecule has 5 nitrogen and oxygen atoms in total. The van der Waals surface area contributed by atoms with Gasteiger partial charge in [0.05, 0.1) is 13.2 Å². The second-order valence-electron chi connectivity index (χ2n) is 7.20. The third-order valence-corrected chi connectivity index (χ3v) is 4.59. The highest BCUT2D eigenvalue weighted by Gasteiger charge is 2.33. The summed E-state index contributed by atoms with van der Waals surface area (Å²) in [5, 5.41) is 6.71. The number of fused-ring (bicyclic) bond motifs is 1. The predicted octanol–water partition coefficient (Wildman–Crippen LogP) is 4.42. The molecule has 28 heavy (non-hydrogen) atoms. The van der Waals surface area contributed by atoms with Crippen LogP contribution in [0.1, 0.15) is 37.4 Å². The lowest BCUT2D eigenvalue weighted by Crippen LogP contribution is -2.45. The number of benzene rings is 2. The third kappa shape index (κ3) is 5.27. The van der Waals surface area contributed by atoms with Crippen molar-refractivity contribution in [3.8, 4) is 11.5 Å². The number of guanidine groups is 1. The lowest BCUT2D eigenvalue weighted by Gasteiger charge is -2.38. The highest BCUT2D eigenvalue weighted by atomic mass is 127. The maximum Gasteiger partial charge on any atom is 0.191 e. The Morgan fingerprint density at radius 2 is 2.04 bits per heavy atom. The summed E-state index contributed by atoms with van der Waals surface area (Å²) < 4.78 is 24.9. The highest BCUT2D eigenvalue weighted by molar-refractivity contribution is 14.0. The largest absolute Gasteiger partial charge is 0.494 e. The van der Waals surface area contributed by atoms with Gasteiger partial charge in [0, 0.05) is 25.6 Å². The first-order valence-corrected chi connectivity index (χ1v) is 8.99. The molecule has 0 aliphatic carbocycles. The van der Waals surface area contributed by atoms with Gasteiger partial charge in [-0.25, -0.2) is 4.39 Å². The Bertz CT molecular complexity index is 842. The number of rotatable bonds is 4. The molecule has 1 atom stereocenters. The molecule has 0 saturated carbocycles. The zero-order valence-electron chi connectivity index (χ0n) is 16.6. The van der Waals surface area contributed by atoms with Gasteiger partial charge < -0.3 is 20.1 Å². The van der Waals surface area contributed by atoms with E-state index in [4.69, 9.17) is 9.47 Å². The number of para-hydroxylation sites is 1. The molecule has 0 aromatic heterocycles. The van der Waals surface area contributed by atoms with E-state index in [-0.39, 0.29) is 47.2 Å². The number of ether oxygens (including phenoxy) is 2. The van der Waals surface area contributed by atoms with Crippen LogP contribution in [0.25, 0.3) is 0 Å². The standard InChI is InChI=1S/C21H26FN3O2.HI/c1-21(2)12-17(15-7-5-6-8-18(15)27-21)25-20(23-3)24-13-14-9-10-19(26-4)16(22)11-14;/h5-11,17H,12-13H2,1-4H3,(H2,23,24,25);1H. The van der Waals surface area contributed by atoms with E-state index in [1.807, 2.05) is 24.3 Å². The maximum absolute atomic E-state index is 13.9. The minimum Gasteiger partial charge on any atom is -0.494 e. The van der Waals surface area contributed by atoms with Crippen LogP contribution in [-0.2, 0) is 6.54 Å². The first-order chi connectivity index (χ1) is 12.9. The van der Waals surface area contributed by atoms with Crippen molar-refractivity contribution < 1.29 is 13.9 Å². The van der Waals surface area contributed by atoms with Crippen LogP contribution in [0.5, 0.6) is 11.5 Å². The summed E-state index contributed by atoms with van der Waals surface area (Å²) in [4.78, 5) is 4.31. The molecule has 0 bridgehead atoms. The average molecular weight is 499 g/mol. The van der Waals surface area contributed by atoms with Crippen LogP contribution in [0.3, 0.4) is 0 Å². The van der Waals surface area contributed by atoms with Crippen molar-refractivity contribution in [2.75, 3.05) is 14.2 Å². The molecule has 1 aliphatic heterocycles. The van der Waals surface area contributed by atoms with Gasteiger partial charge in [-0.3, -0.25) is 4.99 Å². The molecular weight excluding hydrogens is 472 g/mol. The van der Waals surface area contributed by atoms with E-state index in [0.717, 1.165) is 23.3 Å². The van der Waals surface area contributed by atoms with Crippen molar-refractivity contribution in [1.82, 2.24) is 10.6 Å². The molecule has 0 fully saturated rings. The third-order valence-electron chi connectivity index (χ3n) is 4.59. The molecule has 2 aromatic rings. The van der Waals surface area contributed by atoms with Crippen LogP contribution in [0.2, 0.25) is 0 Å². The molecular formula is C21H27FIN3O2. The second kappa shape index (κ2) is 9.45. The fourth-order valence-corrected chi connectivity index (χ4v) is 3.30. The van der Waals surface area contributed by atoms with Crippen molar-refractivity contribution in [3.05, 3.63) is 59.4 Å². The van der Waals surface area contributed by atoms with Gasteiger partial charge in [-0.05, 0) is 37.6 Å². The molecule has 0 radical (unpaired) electrons. The minimum absolute atomic E-state index is 0. The fraction of sp³-hybridized carbons (Fsp3) is 0.381. The van der Waals surface area contributed by atoms with Gasteiger partial charge in [-0.1, -0.05) is 24.3 Å². The van der Waals surface area contributed by atoms with Gasteiger partial charge >= 0.3 is 0 Å². The molecule has 1 unspecified atom stereocenters. The lowest BCUT2D eigenvalue weighted by atomic mass is 9.90. The van der Waals surface area contributed by atoms with Gasteiger partial charge in [-0.2, -0.15) is 0 Å². The van der Waals surface area contributed by atoms with Gasteiger partial charge in [0.15, 0.2) is 17.5 Å². The van der Waals surface area contributed by atoms with Crippen LogP contribution < -0.4 is 20.1 Å². The molecule has 0 saturated heterocycles. The number of halogens is 2. The van der Waals surface area contributed by atoms with E-state index in [2.05, 4.69) is 35.5 Å². The number of methoxy groups -OCH3 is 1. The van der Waals surface area contributed by atoms with Gasteiger partial charge in [0.25, 0.3) is 0 Å². The van der Waals surface area contributed by atoms with E-state index >= 15 is 0 Å². The van der Waals surface area contributed by atoms with Crippen molar-refractivity contribution in [1.29, 1.82) is 0 Å². The molecule has 152 valence electrons. The topological polar surface area (TPSA) is 54.9 Å². The Balaban J connectivity index is 0.00000280. The Labute approximate surface area is 182 Å². The summed E-state index contributed by atoms with van der Waals surface area (Å²) in [6, 6.07) is 13.0. The number of hydrogen-bond donors (Lipinski definition) is 2. The van der Waals surface area contributed by atoms with Gasteiger partial charge in [0.2, 0.25) is 0 Å². The lowest BCUT2D eigenvalue weighted by molar-refractivity contribution is 0.0694. The Hall–Kier alpha value is -2.03. The summed E-state index contributed by atoms with van der Waals surface area (Å²) in [6.45, 7) is 4.61. The number of nitrogens with zero attached hydrogens (tertiary/aromatic N) is 1. The molecule has 0 spiro atoms. The summed E-state index contributed by atoms with van der Waals surface area (Å²) in [6.07, 6.45) is 0.807. The minimum atomic E-state index is -0.375. The van der Waals surface area contributed by atoms with Crippen molar-refractivity contribution >= 4 is 29.9 Å². The average Bonchev–Trinajstić information content (AvgIpc) is 2.64. The van der Waals surface area contributed by atoms with Crippen LogP contribution in [0, 0.1) is 5.82 Å². The number of nitrogens with one attached hydrogen (secondary N) is 2. The van der Waals surface area contributed by atoms with Crippen LogP contribution in [0.4, 0.5) is 4.39 Å². The number of aliphatic imine (C=N–C) groups is 1.